The van der Waals surface area contributed by atoms with Crippen LogP contribution < -0.4 is 10.2 Å². The molecule has 1 fully saturated rings. The van der Waals surface area contributed by atoms with Gasteiger partial charge in [0.05, 0.1) is 25.0 Å². The molecule has 0 spiro atoms. The van der Waals surface area contributed by atoms with E-state index in [-0.39, 0.29) is 5.82 Å². The molecule has 0 saturated carbocycles. The van der Waals surface area contributed by atoms with E-state index in [4.69, 9.17) is 0 Å². The summed E-state index contributed by atoms with van der Waals surface area (Å²) in [7, 11) is 0. The molecular formula is C20H24FN4S+. The van der Waals surface area contributed by atoms with E-state index in [1.807, 2.05) is 12.1 Å². The molecule has 1 aliphatic rings. The lowest BCUT2D eigenvalue weighted by atomic mass is 10.0. The summed E-state index contributed by atoms with van der Waals surface area (Å²) in [6.45, 7) is 5.95. The second-order valence-corrected chi connectivity index (χ2v) is 7.84. The van der Waals surface area contributed by atoms with E-state index in [2.05, 4.69) is 27.6 Å². The minimum Gasteiger partial charge on any atom is -0.366 e. The molecular weight excluding hydrogens is 347 g/mol. The molecule has 136 valence electrons. The summed E-state index contributed by atoms with van der Waals surface area (Å²) in [5, 5.41) is 6.80. The zero-order chi connectivity index (χ0) is 17.9. The Morgan fingerprint density at radius 1 is 1.19 bits per heavy atom. The zero-order valence-electron chi connectivity index (χ0n) is 15.0. The van der Waals surface area contributed by atoms with Gasteiger partial charge in [0.1, 0.15) is 22.8 Å². The number of hydrogen-bond acceptors (Lipinski definition) is 4. The molecule has 0 bridgehead atoms. The molecule has 0 amide bonds. The van der Waals surface area contributed by atoms with Crippen molar-refractivity contribution in [3.8, 4) is 11.1 Å². The number of halogens is 1. The molecule has 4 nitrogen and oxygen atoms in total. The van der Waals surface area contributed by atoms with E-state index in [0.29, 0.717) is 6.04 Å². The fraction of sp³-hybridized carbons (Fsp3) is 0.400. The van der Waals surface area contributed by atoms with Crippen LogP contribution in [0.15, 0.2) is 36.0 Å². The number of aromatic nitrogens is 2. The fourth-order valence-electron chi connectivity index (χ4n) is 3.79. The molecule has 6 heteroatoms. The van der Waals surface area contributed by atoms with E-state index in [1.165, 1.54) is 38.2 Å². The lowest BCUT2D eigenvalue weighted by molar-refractivity contribution is -0.905. The van der Waals surface area contributed by atoms with Gasteiger partial charge in [0.25, 0.3) is 0 Å². The van der Waals surface area contributed by atoms with Gasteiger partial charge in [0, 0.05) is 29.8 Å². The van der Waals surface area contributed by atoms with Crippen LogP contribution in [0.25, 0.3) is 21.3 Å². The zero-order valence-corrected chi connectivity index (χ0v) is 15.8. The highest BCUT2D eigenvalue weighted by Gasteiger charge is 2.23. The van der Waals surface area contributed by atoms with Crippen molar-refractivity contribution in [2.45, 2.75) is 32.2 Å². The maximum absolute atomic E-state index is 13.3. The Labute approximate surface area is 157 Å². The van der Waals surface area contributed by atoms with Crippen molar-refractivity contribution in [1.82, 2.24) is 9.97 Å². The third-order valence-electron chi connectivity index (χ3n) is 5.16. The highest BCUT2D eigenvalue weighted by atomic mass is 32.1. The molecule has 0 atom stereocenters. The van der Waals surface area contributed by atoms with Gasteiger partial charge < -0.3 is 10.2 Å². The van der Waals surface area contributed by atoms with Gasteiger partial charge in [-0.1, -0.05) is 19.1 Å². The first-order chi connectivity index (χ1) is 12.7. The number of benzene rings is 1. The van der Waals surface area contributed by atoms with Gasteiger partial charge in [-0.05, 0) is 24.1 Å². The normalized spacial score (nSPS) is 20.4. The first-order valence-electron chi connectivity index (χ1n) is 9.33. The second kappa shape index (κ2) is 7.68. The lowest BCUT2D eigenvalue weighted by Crippen LogP contribution is -3.13. The van der Waals surface area contributed by atoms with Gasteiger partial charge in [-0.15, -0.1) is 11.3 Å². The number of nitrogens with zero attached hydrogens (tertiary/aromatic N) is 2. The number of likely N-dealkylation sites (tertiary alicyclic amines) is 1. The van der Waals surface area contributed by atoms with Crippen LogP contribution in [0.1, 0.15) is 26.2 Å². The minimum absolute atomic E-state index is 0.218. The Balaban J connectivity index is 1.60. The topological polar surface area (TPSA) is 42.2 Å². The standard InChI is InChI=1S/C20H23FN4S/c1-2-9-25-10-7-16(8-11-25)24-19-18-17(12-26-20(18)23-13-22-19)14-3-5-15(21)6-4-14/h3-6,12-13,16H,2,7-11H2,1H3,(H,22,23,24)/p+1. The van der Waals surface area contributed by atoms with Crippen LogP contribution in [-0.2, 0) is 0 Å². The van der Waals surface area contributed by atoms with Crippen LogP contribution in [0.5, 0.6) is 0 Å². The number of quaternary nitrogens is 1. The average Bonchev–Trinajstić information content (AvgIpc) is 3.09. The van der Waals surface area contributed by atoms with E-state index >= 15 is 0 Å². The van der Waals surface area contributed by atoms with Crippen molar-refractivity contribution in [3.05, 3.63) is 41.8 Å². The van der Waals surface area contributed by atoms with E-state index in [0.717, 1.165) is 40.0 Å². The summed E-state index contributed by atoms with van der Waals surface area (Å²) < 4.78 is 13.3. The van der Waals surface area contributed by atoms with Crippen LogP contribution in [0.4, 0.5) is 10.2 Å². The van der Waals surface area contributed by atoms with Gasteiger partial charge >= 0.3 is 0 Å². The molecule has 1 saturated heterocycles. The van der Waals surface area contributed by atoms with Crippen LogP contribution in [-0.4, -0.2) is 35.6 Å². The third-order valence-corrected chi connectivity index (χ3v) is 6.05. The van der Waals surface area contributed by atoms with E-state index < -0.39 is 0 Å². The lowest BCUT2D eigenvalue weighted by Gasteiger charge is -2.30. The molecule has 0 radical (unpaired) electrons. The fourth-order valence-corrected chi connectivity index (χ4v) is 4.71. The smallest absolute Gasteiger partial charge is 0.139 e. The second-order valence-electron chi connectivity index (χ2n) is 6.98. The van der Waals surface area contributed by atoms with Gasteiger partial charge in [-0.2, -0.15) is 0 Å². The first-order valence-corrected chi connectivity index (χ1v) is 10.2. The van der Waals surface area contributed by atoms with Crippen molar-refractivity contribution < 1.29 is 9.29 Å². The Morgan fingerprint density at radius 3 is 2.69 bits per heavy atom. The quantitative estimate of drug-likeness (QED) is 0.723. The van der Waals surface area contributed by atoms with Crippen molar-refractivity contribution in [3.63, 3.8) is 0 Å². The number of thiophene rings is 1. The van der Waals surface area contributed by atoms with Crippen LogP contribution >= 0.6 is 11.3 Å². The predicted molar refractivity (Wildman–Crippen MR) is 105 cm³/mol. The number of anilines is 1. The van der Waals surface area contributed by atoms with Crippen molar-refractivity contribution >= 4 is 27.4 Å². The Kier molecular flexibility index (Phi) is 5.13. The third kappa shape index (κ3) is 3.57. The minimum atomic E-state index is -0.218. The molecule has 0 aliphatic carbocycles. The molecule has 0 unspecified atom stereocenters. The number of rotatable bonds is 5. The van der Waals surface area contributed by atoms with Crippen molar-refractivity contribution in [2.75, 3.05) is 25.0 Å². The molecule has 3 heterocycles. The summed E-state index contributed by atoms with van der Waals surface area (Å²) >= 11 is 1.61. The Morgan fingerprint density at radius 2 is 1.96 bits per heavy atom. The van der Waals surface area contributed by atoms with Gasteiger partial charge in [0.15, 0.2) is 0 Å². The molecule has 3 aromatic rings. The highest BCUT2D eigenvalue weighted by Crippen LogP contribution is 2.36. The summed E-state index contributed by atoms with van der Waals surface area (Å²) in [6, 6.07) is 7.10. The van der Waals surface area contributed by atoms with Crippen LogP contribution in [0.3, 0.4) is 0 Å². The highest BCUT2D eigenvalue weighted by molar-refractivity contribution is 7.17. The monoisotopic (exact) mass is 371 g/mol. The SMILES string of the molecule is CCC[NH+]1CCC(Nc2ncnc3scc(-c4ccc(F)cc4)c23)CC1. The molecule has 1 aliphatic heterocycles. The van der Waals surface area contributed by atoms with Crippen molar-refractivity contribution in [1.29, 1.82) is 0 Å². The molecule has 26 heavy (non-hydrogen) atoms. The van der Waals surface area contributed by atoms with Crippen LogP contribution in [0, 0.1) is 5.82 Å². The molecule has 4 rings (SSSR count). The van der Waals surface area contributed by atoms with E-state index in [9.17, 15) is 4.39 Å². The summed E-state index contributed by atoms with van der Waals surface area (Å²) in [4.78, 5) is 11.6. The number of piperidine rings is 1. The number of nitrogens with one attached hydrogen (secondary N) is 2. The maximum atomic E-state index is 13.3. The molecule has 2 N–H and O–H groups in total. The maximum Gasteiger partial charge on any atom is 0.139 e. The van der Waals surface area contributed by atoms with Gasteiger partial charge in [-0.25, -0.2) is 14.4 Å². The van der Waals surface area contributed by atoms with Gasteiger partial charge in [0.2, 0.25) is 0 Å². The molecule has 1 aromatic carbocycles. The van der Waals surface area contributed by atoms with Crippen LogP contribution in [0.2, 0.25) is 0 Å². The van der Waals surface area contributed by atoms with Gasteiger partial charge in [-0.3, -0.25) is 0 Å². The molecule has 2 aromatic heterocycles. The number of fused-ring (bicyclic) bond motifs is 1. The van der Waals surface area contributed by atoms with Crippen molar-refractivity contribution in [2.24, 2.45) is 0 Å². The number of hydrogen-bond donors (Lipinski definition) is 2. The Bertz CT molecular complexity index is 869. The summed E-state index contributed by atoms with van der Waals surface area (Å²) in [6.07, 6.45) is 5.21. The predicted octanol–water partition coefficient (Wildman–Crippen LogP) is 3.37. The average molecular weight is 372 g/mol. The summed E-state index contributed by atoms with van der Waals surface area (Å²) in [5.41, 5.74) is 2.07. The first kappa shape index (κ1) is 17.4. The largest absolute Gasteiger partial charge is 0.366 e. The van der Waals surface area contributed by atoms with E-state index in [1.54, 1.807) is 22.6 Å². The summed E-state index contributed by atoms with van der Waals surface area (Å²) in [5.74, 6) is 0.684. The Hall–Kier alpha value is -2.05.